The molecule has 5 nitrogen and oxygen atoms in total. The van der Waals surface area contributed by atoms with Gasteiger partial charge in [0.05, 0.1) is 23.6 Å². The van der Waals surface area contributed by atoms with Crippen molar-refractivity contribution in [3.8, 4) is 0 Å². The Kier molecular flexibility index (Phi) is 4.23. The van der Waals surface area contributed by atoms with Crippen LogP contribution in [0.4, 0.5) is 5.69 Å². The molecular formula is C26H26N2O3. The standard InChI is InChI=1S/C26H26N2O3/c1-15-9-11-17(12-10-15)28-24(30)19-20(25(28)31)22(23(29)26(2,3)4)27-14-13-16-7-5-6-8-18(16)21(19)27/h5-14,19-22H,1-4H3/t19-,20+,21+,22-/m1/s1. The summed E-state index contributed by atoms with van der Waals surface area (Å²) >= 11 is 0. The van der Waals surface area contributed by atoms with Gasteiger partial charge in [-0.05, 0) is 36.3 Å². The summed E-state index contributed by atoms with van der Waals surface area (Å²) in [6.07, 6.45) is 3.87. The number of ketones is 1. The van der Waals surface area contributed by atoms with Crippen LogP contribution in [0.15, 0.2) is 54.7 Å². The number of nitrogens with zero attached hydrogens (tertiary/aromatic N) is 2. The van der Waals surface area contributed by atoms with E-state index in [0.717, 1.165) is 16.7 Å². The summed E-state index contributed by atoms with van der Waals surface area (Å²) in [5.41, 5.74) is 3.02. The van der Waals surface area contributed by atoms with Crippen LogP contribution in [0, 0.1) is 24.2 Å². The van der Waals surface area contributed by atoms with E-state index in [-0.39, 0.29) is 23.6 Å². The maximum absolute atomic E-state index is 13.7. The molecule has 5 heteroatoms. The van der Waals surface area contributed by atoms with Crippen molar-refractivity contribution < 1.29 is 14.4 Å². The number of imide groups is 1. The molecule has 2 aromatic rings. The molecule has 0 aliphatic carbocycles. The molecule has 0 bridgehead atoms. The molecular weight excluding hydrogens is 388 g/mol. The average molecular weight is 415 g/mol. The monoisotopic (exact) mass is 414 g/mol. The van der Waals surface area contributed by atoms with Crippen molar-refractivity contribution in [1.29, 1.82) is 0 Å². The number of Topliss-reactive ketones (excluding diaryl/α,β-unsaturated/α-hetero) is 1. The number of benzene rings is 2. The van der Waals surface area contributed by atoms with Gasteiger partial charge in [-0.2, -0.15) is 0 Å². The number of rotatable bonds is 2. The van der Waals surface area contributed by atoms with E-state index in [1.807, 2.05) is 81.3 Å². The third kappa shape index (κ3) is 2.79. The van der Waals surface area contributed by atoms with Crippen LogP contribution in [0.1, 0.15) is 43.5 Å². The molecule has 2 aromatic carbocycles. The molecule has 2 amide bonds. The lowest BCUT2D eigenvalue weighted by Crippen LogP contribution is -2.47. The quantitative estimate of drug-likeness (QED) is 0.694. The molecule has 0 saturated carbocycles. The molecule has 0 aromatic heterocycles. The Bertz CT molecular complexity index is 1130. The molecule has 2 fully saturated rings. The first-order chi connectivity index (χ1) is 14.7. The predicted octanol–water partition coefficient (Wildman–Crippen LogP) is 4.13. The van der Waals surface area contributed by atoms with Gasteiger partial charge in [0, 0.05) is 11.6 Å². The molecule has 3 aliphatic heterocycles. The lowest BCUT2D eigenvalue weighted by Gasteiger charge is -2.37. The van der Waals surface area contributed by atoms with Gasteiger partial charge in [-0.3, -0.25) is 14.4 Å². The van der Waals surface area contributed by atoms with Gasteiger partial charge in [0.25, 0.3) is 0 Å². The van der Waals surface area contributed by atoms with Crippen molar-refractivity contribution in [3.63, 3.8) is 0 Å². The van der Waals surface area contributed by atoms with Gasteiger partial charge in [-0.25, -0.2) is 4.90 Å². The average Bonchev–Trinajstić information content (AvgIpc) is 3.20. The van der Waals surface area contributed by atoms with E-state index in [9.17, 15) is 14.4 Å². The Morgan fingerprint density at radius 3 is 2.23 bits per heavy atom. The molecule has 0 radical (unpaired) electrons. The summed E-state index contributed by atoms with van der Waals surface area (Å²) in [5.74, 6) is -1.79. The van der Waals surface area contributed by atoms with Crippen molar-refractivity contribution >= 4 is 29.4 Å². The van der Waals surface area contributed by atoms with Crippen molar-refractivity contribution in [2.45, 2.75) is 39.8 Å². The third-order valence-electron chi connectivity index (χ3n) is 6.76. The molecule has 2 saturated heterocycles. The predicted molar refractivity (Wildman–Crippen MR) is 119 cm³/mol. The van der Waals surface area contributed by atoms with Crippen LogP contribution < -0.4 is 4.90 Å². The van der Waals surface area contributed by atoms with Crippen molar-refractivity contribution in [1.82, 2.24) is 4.90 Å². The van der Waals surface area contributed by atoms with Gasteiger partial charge in [0.2, 0.25) is 11.8 Å². The molecule has 3 heterocycles. The normalized spacial score (nSPS) is 26.7. The smallest absolute Gasteiger partial charge is 0.240 e. The number of fused-ring (bicyclic) bond motifs is 5. The minimum Gasteiger partial charge on any atom is -0.359 e. The largest absolute Gasteiger partial charge is 0.359 e. The van der Waals surface area contributed by atoms with E-state index in [1.165, 1.54) is 4.90 Å². The lowest BCUT2D eigenvalue weighted by molar-refractivity contribution is -0.135. The molecule has 31 heavy (non-hydrogen) atoms. The summed E-state index contributed by atoms with van der Waals surface area (Å²) in [4.78, 5) is 44.2. The highest BCUT2D eigenvalue weighted by molar-refractivity contribution is 6.24. The molecule has 4 atom stereocenters. The van der Waals surface area contributed by atoms with E-state index >= 15 is 0 Å². The summed E-state index contributed by atoms with van der Waals surface area (Å²) in [5, 5.41) is 0. The second-order valence-electron chi connectivity index (χ2n) is 9.79. The Labute approximate surface area is 182 Å². The van der Waals surface area contributed by atoms with Gasteiger partial charge in [0.15, 0.2) is 5.78 Å². The topological polar surface area (TPSA) is 57.7 Å². The number of carbonyl (C=O) groups excluding carboxylic acids is 3. The van der Waals surface area contributed by atoms with Gasteiger partial charge >= 0.3 is 0 Å². The molecule has 0 spiro atoms. The number of hydrogen-bond donors (Lipinski definition) is 0. The number of aryl methyl sites for hydroxylation is 1. The van der Waals surface area contributed by atoms with Crippen LogP contribution >= 0.6 is 0 Å². The minimum atomic E-state index is -0.693. The summed E-state index contributed by atoms with van der Waals surface area (Å²) < 4.78 is 0. The number of carbonyl (C=O) groups is 3. The van der Waals surface area contributed by atoms with Crippen LogP contribution in [0.3, 0.4) is 0 Å². The Morgan fingerprint density at radius 2 is 1.55 bits per heavy atom. The SMILES string of the molecule is Cc1ccc(N2C(=O)[C@@H]3[C@H](C2=O)[C@H](C(=O)C(C)(C)C)N2C=Cc4ccccc4[C@@H]32)cc1. The fourth-order valence-corrected chi connectivity index (χ4v) is 5.25. The van der Waals surface area contributed by atoms with Gasteiger partial charge in [-0.1, -0.05) is 62.7 Å². The molecule has 5 rings (SSSR count). The first kappa shape index (κ1) is 19.7. The van der Waals surface area contributed by atoms with Crippen molar-refractivity contribution in [2.24, 2.45) is 17.3 Å². The number of amides is 2. The fraction of sp³-hybridized carbons (Fsp3) is 0.346. The number of anilines is 1. The zero-order valence-electron chi connectivity index (χ0n) is 18.2. The lowest BCUT2D eigenvalue weighted by atomic mass is 9.79. The summed E-state index contributed by atoms with van der Waals surface area (Å²) in [6.45, 7) is 7.59. The van der Waals surface area contributed by atoms with Crippen LogP contribution in [-0.2, 0) is 14.4 Å². The van der Waals surface area contributed by atoms with E-state index in [2.05, 4.69) is 0 Å². The van der Waals surface area contributed by atoms with E-state index < -0.39 is 23.3 Å². The van der Waals surface area contributed by atoms with Crippen LogP contribution in [-0.4, -0.2) is 28.5 Å². The molecule has 158 valence electrons. The highest BCUT2D eigenvalue weighted by atomic mass is 16.2. The third-order valence-corrected chi connectivity index (χ3v) is 6.76. The van der Waals surface area contributed by atoms with E-state index in [1.54, 1.807) is 12.1 Å². The van der Waals surface area contributed by atoms with Crippen molar-refractivity contribution in [2.75, 3.05) is 4.90 Å². The van der Waals surface area contributed by atoms with Crippen LogP contribution in [0.25, 0.3) is 6.08 Å². The summed E-state index contributed by atoms with van der Waals surface area (Å²) in [7, 11) is 0. The van der Waals surface area contributed by atoms with Gasteiger partial charge in [0.1, 0.15) is 6.04 Å². The van der Waals surface area contributed by atoms with E-state index in [4.69, 9.17) is 0 Å². The van der Waals surface area contributed by atoms with Gasteiger partial charge < -0.3 is 4.90 Å². The summed E-state index contributed by atoms with van der Waals surface area (Å²) in [6, 6.07) is 14.3. The zero-order valence-corrected chi connectivity index (χ0v) is 18.2. The fourth-order valence-electron chi connectivity index (χ4n) is 5.25. The first-order valence-corrected chi connectivity index (χ1v) is 10.7. The highest BCUT2D eigenvalue weighted by Gasteiger charge is 2.65. The zero-order chi connectivity index (χ0) is 22.1. The minimum absolute atomic E-state index is 0.0130. The van der Waals surface area contributed by atoms with Crippen LogP contribution in [0.2, 0.25) is 0 Å². The molecule has 0 N–H and O–H groups in total. The molecule has 0 unspecified atom stereocenters. The Balaban J connectivity index is 1.66. The maximum Gasteiger partial charge on any atom is 0.240 e. The number of hydrogen-bond acceptors (Lipinski definition) is 4. The maximum atomic E-state index is 13.7. The van der Waals surface area contributed by atoms with Crippen molar-refractivity contribution in [3.05, 3.63) is 71.4 Å². The molecule has 3 aliphatic rings. The Morgan fingerprint density at radius 1 is 0.903 bits per heavy atom. The van der Waals surface area contributed by atoms with Crippen LogP contribution in [0.5, 0.6) is 0 Å². The highest BCUT2D eigenvalue weighted by Crippen LogP contribution is 2.54. The first-order valence-electron chi connectivity index (χ1n) is 10.7. The second kappa shape index (κ2) is 6.64. The van der Waals surface area contributed by atoms with Gasteiger partial charge in [-0.15, -0.1) is 0 Å². The Hall–Kier alpha value is -3.21. The van der Waals surface area contributed by atoms with E-state index in [0.29, 0.717) is 5.69 Å². The second-order valence-corrected chi connectivity index (χ2v) is 9.79.